The first-order valence-electron chi connectivity index (χ1n) is 7.49. The third-order valence-corrected chi connectivity index (χ3v) is 3.54. The van der Waals surface area contributed by atoms with Gasteiger partial charge in [-0.05, 0) is 6.42 Å². The first-order chi connectivity index (χ1) is 11.1. The van der Waals surface area contributed by atoms with Gasteiger partial charge in [-0.15, -0.1) is 0 Å². The van der Waals surface area contributed by atoms with Gasteiger partial charge in [-0.25, -0.2) is 4.79 Å². The first-order valence-corrected chi connectivity index (χ1v) is 7.49. The number of H-pyrrole nitrogens is 1. The van der Waals surface area contributed by atoms with E-state index < -0.39 is 11.2 Å². The number of rotatable bonds is 7. The summed E-state index contributed by atoms with van der Waals surface area (Å²) in [6.45, 7) is 1.20. The molecule has 1 aromatic rings. The molecule has 1 aliphatic rings. The molecule has 23 heavy (non-hydrogen) atoms. The number of aliphatic hydroxyl groups is 1. The number of hydrogen-bond donors (Lipinski definition) is 3. The first kappa shape index (κ1) is 17.4. The van der Waals surface area contributed by atoms with Crippen molar-refractivity contribution < 1.29 is 19.4 Å². The van der Waals surface area contributed by atoms with Crippen molar-refractivity contribution in [2.45, 2.75) is 31.5 Å². The Balaban J connectivity index is 1.85. The average molecular weight is 327 g/mol. The number of nitrogens with zero attached hydrogens (tertiary/aromatic N) is 1. The molecule has 0 saturated carbocycles. The van der Waals surface area contributed by atoms with Gasteiger partial charge in [0.15, 0.2) is 0 Å². The number of carbonyl (C=O) groups is 1. The third kappa shape index (κ3) is 5.31. The highest BCUT2D eigenvalue weighted by Gasteiger charge is 2.27. The second kappa shape index (κ2) is 8.61. The second-order valence-electron chi connectivity index (χ2n) is 5.22. The van der Waals surface area contributed by atoms with Gasteiger partial charge in [0, 0.05) is 31.8 Å². The molecule has 9 nitrogen and oxygen atoms in total. The number of aliphatic hydroxyl groups excluding tert-OH is 1. The molecule has 2 atom stereocenters. The number of carbonyl (C=O) groups excluding carboxylic acids is 1. The summed E-state index contributed by atoms with van der Waals surface area (Å²) in [7, 11) is 0. The highest BCUT2D eigenvalue weighted by Crippen LogP contribution is 2.12. The molecule has 0 spiro atoms. The standard InChI is InChI=1S/C14H21N3O6/c18-6-8-23-11-3-7-22-9-10(11)15-12(19)1-4-17-5-2-13(20)16-14(17)21/h2,5,10-11,18H,1,3-4,6-9H2,(H,15,19)(H,16,20,21)/t10-,11+/m0/s1. The minimum absolute atomic E-state index is 0.0762. The zero-order valence-electron chi connectivity index (χ0n) is 12.7. The van der Waals surface area contributed by atoms with Crippen LogP contribution in [0.1, 0.15) is 12.8 Å². The van der Waals surface area contributed by atoms with E-state index in [1.165, 1.54) is 16.8 Å². The molecule has 1 saturated heterocycles. The Labute approximate surface area is 132 Å². The molecular weight excluding hydrogens is 306 g/mol. The van der Waals surface area contributed by atoms with Crippen molar-refractivity contribution in [3.63, 3.8) is 0 Å². The van der Waals surface area contributed by atoms with Gasteiger partial charge in [-0.3, -0.25) is 14.6 Å². The number of ether oxygens (including phenoxy) is 2. The van der Waals surface area contributed by atoms with E-state index >= 15 is 0 Å². The highest BCUT2D eigenvalue weighted by molar-refractivity contribution is 5.76. The molecule has 0 unspecified atom stereocenters. The fourth-order valence-electron chi connectivity index (χ4n) is 2.38. The maximum Gasteiger partial charge on any atom is 0.328 e. The van der Waals surface area contributed by atoms with E-state index in [0.29, 0.717) is 19.6 Å². The average Bonchev–Trinajstić information content (AvgIpc) is 2.53. The van der Waals surface area contributed by atoms with Crippen LogP contribution in [0.25, 0.3) is 0 Å². The van der Waals surface area contributed by atoms with Crippen LogP contribution in [0.4, 0.5) is 0 Å². The zero-order valence-corrected chi connectivity index (χ0v) is 12.7. The Bertz CT molecular complexity index is 625. The van der Waals surface area contributed by atoms with Crippen molar-refractivity contribution in [1.82, 2.24) is 14.9 Å². The Morgan fingerprint density at radius 2 is 2.35 bits per heavy atom. The molecule has 9 heteroatoms. The van der Waals surface area contributed by atoms with Crippen LogP contribution in [-0.4, -0.2) is 59.1 Å². The lowest BCUT2D eigenvalue weighted by Gasteiger charge is -2.32. The van der Waals surface area contributed by atoms with Crippen LogP contribution in [0.3, 0.4) is 0 Å². The van der Waals surface area contributed by atoms with Crippen molar-refractivity contribution in [2.75, 3.05) is 26.4 Å². The number of aryl methyl sites for hydroxylation is 1. The van der Waals surface area contributed by atoms with Crippen LogP contribution in [0.5, 0.6) is 0 Å². The number of hydrogen-bond acceptors (Lipinski definition) is 6. The van der Waals surface area contributed by atoms with E-state index in [9.17, 15) is 14.4 Å². The summed E-state index contributed by atoms with van der Waals surface area (Å²) in [4.78, 5) is 36.7. The molecule has 0 radical (unpaired) electrons. The number of aromatic amines is 1. The molecule has 2 heterocycles. The molecule has 0 bridgehead atoms. The van der Waals surface area contributed by atoms with Gasteiger partial charge in [0.1, 0.15) is 0 Å². The van der Waals surface area contributed by atoms with Crippen molar-refractivity contribution in [3.05, 3.63) is 33.1 Å². The smallest absolute Gasteiger partial charge is 0.328 e. The predicted octanol–water partition coefficient (Wildman–Crippen LogP) is -1.79. The Morgan fingerprint density at radius 1 is 1.52 bits per heavy atom. The van der Waals surface area contributed by atoms with Crippen LogP contribution >= 0.6 is 0 Å². The van der Waals surface area contributed by atoms with Crippen LogP contribution in [0.2, 0.25) is 0 Å². The highest BCUT2D eigenvalue weighted by atomic mass is 16.5. The molecule has 1 amide bonds. The van der Waals surface area contributed by atoms with Gasteiger partial charge in [-0.1, -0.05) is 0 Å². The lowest BCUT2D eigenvalue weighted by Crippen LogP contribution is -2.51. The summed E-state index contributed by atoms with van der Waals surface area (Å²) in [6.07, 6.45) is 1.89. The van der Waals surface area contributed by atoms with Gasteiger partial charge in [0.2, 0.25) is 5.91 Å². The second-order valence-corrected chi connectivity index (χ2v) is 5.22. The summed E-state index contributed by atoms with van der Waals surface area (Å²) in [6, 6.07) is 0.947. The Hall–Kier alpha value is -1.97. The molecule has 128 valence electrons. The minimum Gasteiger partial charge on any atom is -0.394 e. The topological polar surface area (TPSA) is 123 Å². The summed E-state index contributed by atoms with van der Waals surface area (Å²) in [5.74, 6) is -0.240. The van der Waals surface area contributed by atoms with Crippen molar-refractivity contribution >= 4 is 5.91 Å². The normalized spacial score (nSPS) is 21.1. The summed E-state index contributed by atoms with van der Waals surface area (Å²) < 4.78 is 12.1. The van der Waals surface area contributed by atoms with Crippen LogP contribution in [0.15, 0.2) is 21.9 Å². The van der Waals surface area contributed by atoms with E-state index in [1.54, 1.807) is 0 Å². The summed E-state index contributed by atoms with van der Waals surface area (Å²) in [5.41, 5.74) is -1.02. The van der Waals surface area contributed by atoms with E-state index in [1.807, 2.05) is 0 Å². The van der Waals surface area contributed by atoms with Crippen LogP contribution < -0.4 is 16.6 Å². The van der Waals surface area contributed by atoms with Crippen molar-refractivity contribution in [2.24, 2.45) is 0 Å². The summed E-state index contributed by atoms with van der Waals surface area (Å²) in [5, 5.41) is 11.6. The van der Waals surface area contributed by atoms with E-state index in [4.69, 9.17) is 14.6 Å². The van der Waals surface area contributed by atoms with E-state index in [0.717, 1.165) is 0 Å². The summed E-state index contributed by atoms with van der Waals surface area (Å²) >= 11 is 0. The zero-order chi connectivity index (χ0) is 16.7. The van der Waals surface area contributed by atoms with Crippen molar-refractivity contribution in [3.8, 4) is 0 Å². The number of nitrogens with one attached hydrogen (secondary N) is 2. The lowest BCUT2D eigenvalue weighted by molar-refractivity contribution is -0.126. The third-order valence-electron chi connectivity index (χ3n) is 3.54. The van der Waals surface area contributed by atoms with E-state index in [2.05, 4.69) is 10.3 Å². The number of aromatic nitrogens is 2. The monoisotopic (exact) mass is 327 g/mol. The van der Waals surface area contributed by atoms with Gasteiger partial charge >= 0.3 is 5.69 Å². The minimum atomic E-state index is -0.546. The fourth-order valence-corrected chi connectivity index (χ4v) is 2.38. The maximum atomic E-state index is 12.0. The fraction of sp³-hybridized carbons (Fsp3) is 0.643. The van der Waals surface area contributed by atoms with Gasteiger partial charge in [-0.2, -0.15) is 0 Å². The molecule has 3 N–H and O–H groups in total. The molecule has 1 aromatic heterocycles. The quantitative estimate of drug-likeness (QED) is 0.543. The molecule has 2 rings (SSSR count). The molecular formula is C14H21N3O6. The predicted molar refractivity (Wildman–Crippen MR) is 80.1 cm³/mol. The van der Waals surface area contributed by atoms with Gasteiger partial charge in [0.05, 0.1) is 32.0 Å². The molecule has 1 aliphatic heterocycles. The van der Waals surface area contributed by atoms with Gasteiger partial charge < -0.3 is 24.5 Å². The Morgan fingerprint density at radius 3 is 3.09 bits per heavy atom. The number of amides is 1. The van der Waals surface area contributed by atoms with Crippen LogP contribution in [0, 0.1) is 0 Å². The van der Waals surface area contributed by atoms with E-state index in [-0.39, 0.29) is 44.2 Å². The van der Waals surface area contributed by atoms with Gasteiger partial charge in [0.25, 0.3) is 5.56 Å². The van der Waals surface area contributed by atoms with Crippen LogP contribution in [-0.2, 0) is 20.8 Å². The largest absolute Gasteiger partial charge is 0.394 e. The molecule has 1 fully saturated rings. The SMILES string of the molecule is O=C(CCn1ccc(=O)[nH]c1=O)N[C@H]1COCC[C@H]1OCCO. The molecule has 0 aromatic carbocycles. The maximum absolute atomic E-state index is 12.0. The van der Waals surface area contributed by atoms with Crippen molar-refractivity contribution in [1.29, 1.82) is 0 Å². The molecule has 0 aliphatic carbocycles. The Kier molecular flexibility index (Phi) is 6.51. The lowest BCUT2D eigenvalue weighted by atomic mass is 10.1.